The van der Waals surface area contributed by atoms with Gasteiger partial charge in [0.15, 0.2) is 17.5 Å². The summed E-state index contributed by atoms with van der Waals surface area (Å²) in [4.78, 5) is 4.37. The molecule has 1 rings (SSSR count). The van der Waals surface area contributed by atoms with Crippen LogP contribution in [0.15, 0.2) is 23.2 Å². The minimum absolute atomic E-state index is 0. The van der Waals surface area contributed by atoms with Crippen molar-refractivity contribution in [2.24, 2.45) is 4.99 Å². The number of aliphatic hydroxyl groups is 1. The van der Waals surface area contributed by atoms with Crippen molar-refractivity contribution >= 4 is 29.9 Å². The van der Waals surface area contributed by atoms with Gasteiger partial charge in [0.1, 0.15) is 12.4 Å². The van der Waals surface area contributed by atoms with Gasteiger partial charge in [0.05, 0.1) is 18.7 Å². The quantitative estimate of drug-likeness (QED) is 0.224. The second kappa shape index (κ2) is 12.2. The van der Waals surface area contributed by atoms with Gasteiger partial charge in [0, 0.05) is 12.6 Å². The number of nitrogens with zero attached hydrogens (tertiary/aromatic N) is 1. The first-order chi connectivity index (χ1) is 11.4. The van der Waals surface area contributed by atoms with Crippen molar-refractivity contribution in [3.05, 3.63) is 29.8 Å². The highest BCUT2D eigenvalue weighted by molar-refractivity contribution is 14.0. The molecule has 1 aromatic carbocycles. The third-order valence-electron chi connectivity index (χ3n) is 3.74. The molecule has 0 bridgehead atoms. The summed E-state index contributed by atoms with van der Waals surface area (Å²) in [6.07, 6.45) is 1.25. The van der Waals surface area contributed by atoms with Crippen LogP contribution in [0.4, 0.5) is 8.78 Å². The second-order valence-electron chi connectivity index (χ2n) is 5.48. The molecule has 0 saturated carbocycles. The van der Waals surface area contributed by atoms with E-state index in [1.54, 1.807) is 0 Å². The van der Waals surface area contributed by atoms with Crippen LogP contribution in [-0.4, -0.2) is 42.9 Å². The smallest absolute Gasteiger partial charge is 0.191 e. The van der Waals surface area contributed by atoms with Gasteiger partial charge in [-0.2, -0.15) is 0 Å². The summed E-state index contributed by atoms with van der Waals surface area (Å²) in [6, 6.07) is 3.19. The van der Waals surface area contributed by atoms with Gasteiger partial charge >= 0.3 is 0 Å². The predicted molar refractivity (Wildman–Crippen MR) is 107 cm³/mol. The standard InChI is InChI=1S/C17H27F2N3O2.HI/c1-4-17(23,5-2)12-22-16(20-6-3)21-9-10-24-15-8-7-13(18)11-14(15)19;/h7-8,11,23H,4-6,9-10,12H2,1-3H3,(H2,20,21,22);1H. The van der Waals surface area contributed by atoms with Crippen LogP contribution in [0, 0.1) is 11.6 Å². The zero-order chi connectivity index (χ0) is 18.0. The lowest BCUT2D eigenvalue weighted by Crippen LogP contribution is -2.41. The number of aliphatic imine (C=N–C) groups is 1. The van der Waals surface area contributed by atoms with Crippen LogP contribution in [0.2, 0.25) is 0 Å². The summed E-state index contributed by atoms with van der Waals surface area (Å²) in [5.74, 6) is -0.808. The lowest BCUT2D eigenvalue weighted by atomic mass is 9.98. The molecule has 0 saturated heterocycles. The molecule has 0 aromatic heterocycles. The number of halogens is 3. The van der Waals surface area contributed by atoms with E-state index in [2.05, 4.69) is 15.6 Å². The highest BCUT2D eigenvalue weighted by Crippen LogP contribution is 2.17. The van der Waals surface area contributed by atoms with Crippen LogP contribution >= 0.6 is 24.0 Å². The van der Waals surface area contributed by atoms with Gasteiger partial charge in [-0.15, -0.1) is 24.0 Å². The highest BCUT2D eigenvalue weighted by Gasteiger charge is 2.21. The lowest BCUT2D eigenvalue weighted by molar-refractivity contribution is 0.0418. The first-order valence-electron chi connectivity index (χ1n) is 8.26. The Morgan fingerprint density at radius 2 is 1.88 bits per heavy atom. The molecule has 0 amide bonds. The Morgan fingerprint density at radius 1 is 1.20 bits per heavy atom. The molecule has 0 aliphatic carbocycles. The Bertz CT molecular complexity index is 541. The monoisotopic (exact) mass is 471 g/mol. The van der Waals surface area contributed by atoms with E-state index in [0.717, 1.165) is 12.1 Å². The number of rotatable bonds is 9. The van der Waals surface area contributed by atoms with E-state index in [1.807, 2.05) is 20.8 Å². The fourth-order valence-electron chi connectivity index (χ4n) is 1.96. The van der Waals surface area contributed by atoms with Gasteiger partial charge in [-0.05, 0) is 31.9 Å². The Labute approximate surface area is 165 Å². The molecule has 0 fully saturated rings. The summed E-state index contributed by atoms with van der Waals surface area (Å²) >= 11 is 0. The Kier molecular flexibility index (Phi) is 11.7. The second-order valence-corrected chi connectivity index (χ2v) is 5.48. The Morgan fingerprint density at radius 3 is 2.44 bits per heavy atom. The molecule has 0 radical (unpaired) electrons. The molecule has 1 aromatic rings. The summed E-state index contributed by atoms with van der Waals surface area (Å²) in [7, 11) is 0. The number of guanidine groups is 1. The summed E-state index contributed by atoms with van der Waals surface area (Å²) in [5, 5.41) is 16.4. The minimum atomic E-state index is -0.809. The average molecular weight is 471 g/mol. The molecule has 25 heavy (non-hydrogen) atoms. The van der Waals surface area contributed by atoms with Crippen LogP contribution in [0.25, 0.3) is 0 Å². The maximum atomic E-state index is 13.4. The summed E-state index contributed by atoms with van der Waals surface area (Å²) in [6.45, 7) is 7.33. The number of hydrogen-bond donors (Lipinski definition) is 3. The van der Waals surface area contributed by atoms with E-state index in [9.17, 15) is 13.9 Å². The van der Waals surface area contributed by atoms with Gasteiger partial charge in [0.25, 0.3) is 0 Å². The zero-order valence-corrected chi connectivity index (χ0v) is 17.3. The number of nitrogens with one attached hydrogen (secondary N) is 2. The summed E-state index contributed by atoms with van der Waals surface area (Å²) < 4.78 is 31.5. The first-order valence-corrected chi connectivity index (χ1v) is 8.26. The Balaban J connectivity index is 0.00000576. The molecule has 0 heterocycles. The van der Waals surface area contributed by atoms with Crippen LogP contribution < -0.4 is 15.4 Å². The highest BCUT2D eigenvalue weighted by atomic mass is 127. The maximum absolute atomic E-state index is 13.4. The van der Waals surface area contributed by atoms with Crippen molar-refractivity contribution < 1.29 is 18.6 Å². The largest absolute Gasteiger partial charge is 0.489 e. The maximum Gasteiger partial charge on any atom is 0.191 e. The van der Waals surface area contributed by atoms with E-state index >= 15 is 0 Å². The fraction of sp³-hybridized carbons (Fsp3) is 0.588. The molecular weight excluding hydrogens is 443 g/mol. The molecular formula is C17H28F2IN3O2. The van der Waals surface area contributed by atoms with Crippen LogP contribution in [0.3, 0.4) is 0 Å². The number of ether oxygens (including phenoxy) is 1. The normalized spacial score (nSPS) is 11.7. The molecule has 0 aliphatic rings. The first kappa shape index (κ1) is 23.8. The SMILES string of the molecule is CCNC(=NCC(O)(CC)CC)NCCOc1ccc(F)cc1F.I. The summed E-state index contributed by atoms with van der Waals surface area (Å²) in [5.41, 5.74) is -0.809. The van der Waals surface area contributed by atoms with E-state index in [0.29, 0.717) is 38.4 Å². The van der Waals surface area contributed by atoms with Gasteiger partial charge in [-0.1, -0.05) is 13.8 Å². The van der Waals surface area contributed by atoms with Crippen LogP contribution in [0.1, 0.15) is 33.6 Å². The van der Waals surface area contributed by atoms with Gasteiger partial charge in [0.2, 0.25) is 0 Å². The predicted octanol–water partition coefficient (Wildman–Crippen LogP) is 3.07. The van der Waals surface area contributed by atoms with Crippen molar-refractivity contribution in [1.29, 1.82) is 0 Å². The molecule has 5 nitrogen and oxygen atoms in total. The topological polar surface area (TPSA) is 65.9 Å². The van der Waals surface area contributed by atoms with E-state index in [-0.39, 0.29) is 36.3 Å². The third-order valence-corrected chi connectivity index (χ3v) is 3.74. The van der Waals surface area contributed by atoms with E-state index in [1.165, 1.54) is 6.07 Å². The third kappa shape index (κ3) is 8.66. The van der Waals surface area contributed by atoms with Crippen molar-refractivity contribution in [2.45, 2.75) is 39.2 Å². The van der Waals surface area contributed by atoms with Gasteiger partial charge in [-0.3, -0.25) is 4.99 Å². The van der Waals surface area contributed by atoms with E-state index < -0.39 is 17.2 Å². The molecule has 0 spiro atoms. The van der Waals surface area contributed by atoms with Crippen molar-refractivity contribution in [1.82, 2.24) is 10.6 Å². The minimum Gasteiger partial charge on any atom is -0.489 e. The molecule has 8 heteroatoms. The lowest BCUT2D eigenvalue weighted by Gasteiger charge is -2.23. The molecule has 0 unspecified atom stereocenters. The number of benzene rings is 1. The van der Waals surface area contributed by atoms with Gasteiger partial charge in [-0.25, -0.2) is 8.78 Å². The van der Waals surface area contributed by atoms with Crippen molar-refractivity contribution in [3.63, 3.8) is 0 Å². The molecule has 144 valence electrons. The van der Waals surface area contributed by atoms with E-state index in [4.69, 9.17) is 4.74 Å². The van der Waals surface area contributed by atoms with Crippen molar-refractivity contribution in [2.75, 3.05) is 26.2 Å². The molecule has 0 aliphatic heterocycles. The molecule has 0 atom stereocenters. The van der Waals surface area contributed by atoms with Crippen LogP contribution in [0.5, 0.6) is 5.75 Å². The zero-order valence-electron chi connectivity index (χ0n) is 14.9. The van der Waals surface area contributed by atoms with Gasteiger partial charge < -0.3 is 20.5 Å². The fourth-order valence-corrected chi connectivity index (χ4v) is 1.96. The van der Waals surface area contributed by atoms with Crippen molar-refractivity contribution in [3.8, 4) is 5.75 Å². The number of hydrogen-bond acceptors (Lipinski definition) is 3. The average Bonchev–Trinajstić information content (AvgIpc) is 2.57. The van der Waals surface area contributed by atoms with Crippen LogP contribution in [-0.2, 0) is 0 Å². The molecule has 3 N–H and O–H groups in total. The Hall–Kier alpha value is -1.16.